The second-order valence-electron chi connectivity index (χ2n) is 8.14. The summed E-state index contributed by atoms with van der Waals surface area (Å²) in [5.41, 5.74) is 1.20. The molecule has 1 N–H and O–H groups in total. The summed E-state index contributed by atoms with van der Waals surface area (Å²) in [4.78, 5) is 27.1. The Balaban J connectivity index is 1.23. The number of hydrogen-bond donors (Lipinski definition) is 1. The predicted molar refractivity (Wildman–Crippen MR) is 125 cm³/mol. The first kappa shape index (κ1) is 22.5. The van der Waals surface area contributed by atoms with Crippen molar-refractivity contribution in [3.05, 3.63) is 95.8 Å². The lowest BCUT2D eigenvalue weighted by molar-refractivity contribution is -0.126. The zero-order chi connectivity index (χ0) is 23.0. The van der Waals surface area contributed by atoms with Gasteiger partial charge in [0.15, 0.2) is 0 Å². The molecule has 4 rings (SSSR count). The Morgan fingerprint density at radius 1 is 0.879 bits per heavy atom. The van der Waals surface area contributed by atoms with Crippen LogP contribution < -0.4 is 10.1 Å². The number of carbonyl (C=O) groups excluding carboxylic acids is 2. The van der Waals surface area contributed by atoms with Crippen LogP contribution in [-0.4, -0.2) is 36.3 Å². The van der Waals surface area contributed by atoms with E-state index in [-0.39, 0.29) is 23.5 Å². The van der Waals surface area contributed by atoms with Crippen LogP contribution in [0.5, 0.6) is 11.5 Å². The Morgan fingerprint density at radius 3 is 2.21 bits per heavy atom. The Morgan fingerprint density at radius 2 is 1.52 bits per heavy atom. The van der Waals surface area contributed by atoms with E-state index in [9.17, 15) is 14.0 Å². The normalized spacial score (nSPS) is 14.0. The molecule has 1 saturated heterocycles. The third-order valence-corrected chi connectivity index (χ3v) is 5.88. The maximum Gasteiger partial charge on any atom is 0.253 e. The Hall–Kier alpha value is -3.67. The zero-order valence-electron chi connectivity index (χ0n) is 18.4. The molecule has 6 heteroatoms. The van der Waals surface area contributed by atoms with Crippen LogP contribution in [0.15, 0.2) is 78.9 Å². The number of para-hydroxylation sites is 1. The van der Waals surface area contributed by atoms with E-state index in [2.05, 4.69) is 5.32 Å². The van der Waals surface area contributed by atoms with Crippen molar-refractivity contribution >= 4 is 11.8 Å². The third-order valence-electron chi connectivity index (χ3n) is 5.88. The fourth-order valence-corrected chi connectivity index (χ4v) is 3.98. The fraction of sp³-hybridized carbons (Fsp3) is 0.259. The second-order valence-corrected chi connectivity index (χ2v) is 8.14. The minimum Gasteiger partial charge on any atom is -0.457 e. The minimum absolute atomic E-state index is 0.0270. The summed E-state index contributed by atoms with van der Waals surface area (Å²) in [5, 5.41) is 2.91. The summed E-state index contributed by atoms with van der Waals surface area (Å²) in [7, 11) is 0. The average Bonchev–Trinajstić information content (AvgIpc) is 2.86. The number of nitrogens with one attached hydrogen (secondary N) is 1. The van der Waals surface area contributed by atoms with Crippen LogP contribution in [0.2, 0.25) is 0 Å². The molecule has 0 radical (unpaired) electrons. The van der Waals surface area contributed by atoms with Gasteiger partial charge in [-0.25, -0.2) is 4.39 Å². The average molecular weight is 447 g/mol. The van der Waals surface area contributed by atoms with Crippen molar-refractivity contribution in [3.63, 3.8) is 0 Å². The first-order chi connectivity index (χ1) is 16.1. The molecule has 0 atom stereocenters. The van der Waals surface area contributed by atoms with Gasteiger partial charge in [-0.3, -0.25) is 9.59 Å². The van der Waals surface area contributed by atoms with Crippen LogP contribution in [0.3, 0.4) is 0 Å². The molecule has 33 heavy (non-hydrogen) atoms. The largest absolute Gasteiger partial charge is 0.457 e. The monoisotopic (exact) mass is 446 g/mol. The highest BCUT2D eigenvalue weighted by molar-refractivity contribution is 5.94. The molecule has 1 aliphatic heterocycles. The maximum atomic E-state index is 13.7. The van der Waals surface area contributed by atoms with Gasteiger partial charge in [-0.2, -0.15) is 0 Å². The van der Waals surface area contributed by atoms with Crippen molar-refractivity contribution < 1.29 is 18.7 Å². The number of hydrogen-bond acceptors (Lipinski definition) is 3. The fourth-order valence-electron chi connectivity index (χ4n) is 3.98. The SMILES string of the molecule is O=C(NCCc1ccccc1F)C1CCN(C(=O)c2ccc(Oc3ccccc3)cc2)CC1. The van der Waals surface area contributed by atoms with Gasteiger partial charge in [-0.1, -0.05) is 36.4 Å². The van der Waals surface area contributed by atoms with E-state index in [4.69, 9.17) is 4.74 Å². The lowest BCUT2D eigenvalue weighted by Gasteiger charge is -2.31. The topological polar surface area (TPSA) is 58.6 Å². The Labute approximate surface area is 193 Å². The molecule has 170 valence electrons. The van der Waals surface area contributed by atoms with Gasteiger partial charge >= 0.3 is 0 Å². The molecule has 0 bridgehead atoms. The number of amides is 2. The molecule has 3 aromatic rings. The van der Waals surface area contributed by atoms with Gasteiger partial charge in [0.05, 0.1) is 0 Å². The summed E-state index contributed by atoms with van der Waals surface area (Å²) >= 11 is 0. The smallest absolute Gasteiger partial charge is 0.253 e. The van der Waals surface area contributed by atoms with E-state index in [1.807, 2.05) is 30.3 Å². The number of halogens is 1. The van der Waals surface area contributed by atoms with Crippen LogP contribution in [-0.2, 0) is 11.2 Å². The van der Waals surface area contributed by atoms with Gasteiger partial charge < -0.3 is 15.0 Å². The van der Waals surface area contributed by atoms with Crippen molar-refractivity contribution in [1.82, 2.24) is 10.2 Å². The van der Waals surface area contributed by atoms with Gasteiger partial charge in [0.2, 0.25) is 5.91 Å². The molecule has 0 spiro atoms. The van der Waals surface area contributed by atoms with Crippen LogP contribution in [0.1, 0.15) is 28.8 Å². The summed E-state index contributed by atoms with van der Waals surface area (Å²) < 4.78 is 19.5. The van der Waals surface area contributed by atoms with Crippen LogP contribution in [0.25, 0.3) is 0 Å². The quantitative estimate of drug-likeness (QED) is 0.566. The van der Waals surface area contributed by atoms with E-state index in [1.165, 1.54) is 6.07 Å². The van der Waals surface area contributed by atoms with Gasteiger partial charge in [-0.05, 0) is 67.3 Å². The number of benzene rings is 3. The molecule has 2 amide bonds. The summed E-state index contributed by atoms with van der Waals surface area (Å²) in [5.74, 6) is 0.962. The molecule has 1 heterocycles. The first-order valence-electron chi connectivity index (χ1n) is 11.2. The van der Waals surface area contributed by atoms with Crippen molar-refractivity contribution in [2.75, 3.05) is 19.6 Å². The zero-order valence-corrected chi connectivity index (χ0v) is 18.4. The van der Waals surface area contributed by atoms with E-state index in [0.29, 0.717) is 55.8 Å². The predicted octanol–water partition coefficient (Wildman–Crippen LogP) is 4.83. The van der Waals surface area contributed by atoms with E-state index < -0.39 is 0 Å². The third kappa shape index (κ3) is 5.98. The highest BCUT2D eigenvalue weighted by Crippen LogP contribution is 2.23. The number of piperidine rings is 1. The summed E-state index contributed by atoms with van der Waals surface area (Å²) in [6.07, 6.45) is 1.69. The van der Waals surface area contributed by atoms with Crippen molar-refractivity contribution in [2.24, 2.45) is 5.92 Å². The number of nitrogens with zero attached hydrogens (tertiary/aromatic N) is 1. The summed E-state index contributed by atoms with van der Waals surface area (Å²) in [6.45, 7) is 1.47. The van der Waals surface area contributed by atoms with E-state index in [1.54, 1.807) is 47.4 Å². The van der Waals surface area contributed by atoms with E-state index >= 15 is 0 Å². The van der Waals surface area contributed by atoms with Crippen LogP contribution in [0.4, 0.5) is 4.39 Å². The highest BCUT2D eigenvalue weighted by Gasteiger charge is 2.27. The number of carbonyl (C=O) groups is 2. The van der Waals surface area contributed by atoms with Crippen molar-refractivity contribution in [1.29, 1.82) is 0 Å². The van der Waals surface area contributed by atoms with E-state index in [0.717, 1.165) is 5.75 Å². The molecule has 0 unspecified atom stereocenters. The van der Waals surface area contributed by atoms with Crippen molar-refractivity contribution in [3.8, 4) is 11.5 Å². The number of rotatable bonds is 7. The van der Waals surface area contributed by atoms with Crippen LogP contribution >= 0.6 is 0 Å². The Bertz CT molecular complexity index is 1080. The minimum atomic E-state index is -0.252. The highest BCUT2D eigenvalue weighted by atomic mass is 19.1. The Kier molecular flexibility index (Phi) is 7.35. The number of ether oxygens (including phenoxy) is 1. The standard InChI is InChI=1S/C27H27FN2O3/c28-25-9-5-4-6-20(25)14-17-29-26(31)21-15-18-30(19-16-21)27(32)22-10-12-24(13-11-22)33-23-7-2-1-3-8-23/h1-13,21H,14-19H2,(H,29,31). The van der Waals surface area contributed by atoms with Gasteiger partial charge in [-0.15, -0.1) is 0 Å². The molecule has 1 fully saturated rings. The number of likely N-dealkylation sites (tertiary alicyclic amines) is 1. The molecular weight excluding hydrogens is 419 g/mol. The first-order valence-corrected chi connectivity index (χ1v) is 11.2. The molecule has 5 nitrogen and oxygen atoms in total. The maximum absolute atomic E-state index is 13.7. The molecule has 0 saturated carbocycles. The van der Waals surface area contributed by atoms with Crippen LogP contribution in [0, 0.1) is 11.7 Å². The molecule has 0 aliphatic carbocycles. The van der Waals surface area contributed by atoms with Crippen molar-refractivity contribution in [2.45, 2.75) is 19.3 Å². The molecule has 0 aromatic heterocycles. The van der Waals surface area contributed by atoms with Gasteiger partial charge in [0.25, 0.3) is 5.91 Å². The molecule has 1 aliphatic rings. The second kappa shape index (κ2) is 10.8. The molecular formula is C27H27FN2O3. The lowest BCUT2D eigenvalue weighted by Crippen LogP contribution is -2.43. The molecule has 3 aromatic carbocycles. The lowest BCUT2D eigenvalue weighted by atomic mass is 9.95. The van der Waals surface area contributed by atoms with Gasteiger partial charge in [0, 0.05) is 31.1 Å². The summed E-state index contributed by atoms with van der Waals surface area (Å²) in [6, 6.07) is 23.2. The van der Waals surface area contributed by atoms with Gasteiger partial charge in [0.1, 0.15) is 17.3 Å².